The summed E-state index contributed by atoms with van der Waals surface area (Å²) in [5, 5.41) is 11.1. The highest BCUT2D eigenvalue weighted by Crippen LogP contribution is 2.32. The van der Waals surface area contributed by atoms with Gasteiger partial charge >= 0.3 is 5.69 Å². The van der Waals surface area contributed by atoms with Crippen LogP contribution in [0.3, 0.4) is 0 Å². The van der Waals surface area contributed by atoms with Crippen molar-refractivity contribution in [3.05, 3.63) is 45.4 Å². The molecular formula is C12H11FN4O2. The molecule has 2 N–H and O–H groups in total. The monoisotopic (exact) mass is 262 g/mol. The summed E-state index contributed by atoms with van der Waals surface area (Å²) in [5.74, 6) is -0.717. The summed E-state index contributed by atoms with van der Waals surface area (Å²) in [6.45, 7) is 3.19. The minimum atomic E-state index is -0.633. The van der Waals surface area contributed by atoms with Gasteiger partial charge in [0.25, 0.3) is 0 Å². The highest BCUT2D eigenvalue weighted by molar-refractivity contribution is 5.72. The average Bonchev–Trinajstić information content (AvgIpc) is 2.30. The van der Waals surface area contributed by atoms with Gasteiger partial charge in [-0.05, 0) is 26.0 Å². The van der Waals surface area contributed by atoms with E-state index in [-0.39, 0.29) is 28.6 Å². The third-order valence-corrected chi connectivity index (χ3v) is 2.64. The Morgan fingerprint density at radius 2 is 2.00 bits per heavy atom. The number of hydrogen-bond donors (Lipinski definition) is 1. The molecule has 0 unspecified atom stereocenters. The zero-order chi connectivity index (χ0) is 14.2. The van der Waals surface area contributed by atoms with E-state index < -0.39 is 10.7 Å². The minimum absolute atomic E-state index is 0.0453. The molecule has 2 rings (SSSR count). The van der Waals surface area contributed by atoms with Crippen LogP contribution in [0.4, 0.5) is 16.0 Å². The molecule has 0 saturated carbocycles. The Labute approximate surface area is 108 Å². The molecule has 0 spiro atoms. The lowest BCUT2D eigenvalue weighted by Crippen LogP contribution is -2.05. The molecule has 6 nitrogen and oxygen atoms in total. The molecular weight excluding hydrogens is 251 g/mol. The fourth-order valence-electron chi connectivity index (χ4n) is 1.82. The standard InChI is InChI=1S/C12H11FN4O2/c1-6-3-4-9(13)8(5-6)10-11(17(18)19)7(2)15-12(14)16-10/h3-5H,1-2H3,(H2,14,15,16). The molecule has 1 aromatic carbocycles. The molecule has 0 bridgehead atoms. The summed E-state index contributed by atoms with van der Waals surface area (Å²) < 4.78 is 13.8. The van der Waals surface area contributed by atoms with Crippen molar-refractivity contribution in [3.8, 4) is 11.3 Å². The maximum absolute atomic E-state index is 13.8. The third kappa shape index (κ3) is 2.35. The topological polar surface area (TPSA) is 94.9 Å². The van der Waals surface area contributed by atoms with Crippen LogP contribution < -0.4 is 5.73 Å². The Hall–Kier alpha value is -2.57. The molecule has 0 atom stereocenters. The smallest absolute Gasteiger partial charge is 0.316 e. The Kier molecular flexibility index (Phi) is 3.12. The quantitative estimate of drug-likeness (QED) is 0.662. The molecule has 0 amide bonds. The first-order chi connectivity index (χ1) is 8.90. The van der Waals surface area contributed by atoms with E-state index in [4.69, 9.17) is 5.73 Å². The van der Waals surface area contributed by atoms with Crippen LogP contribution in [0.5, 0.6) is 0 Å². The lowest BCUT2D eigenvalue weighted by molar-refractivity contribution is -0.385. The Morgan fingerprint density at radius 1 is 1.32 bits per heavy atom. The van der Waals surface area contributed by atoms with Gasteiger partial charge in [0.2, 0.25) is 5.95 Å². The number of nitro groups is 1. The second-order valence-electron chi connectivity index (χ2n) is 4.10. The second-order valence-corrected chi connectivity index (χ2v) is 4.10. The first kappa shape index (κ1) is 12.9. The SMILES string of the molecule is Cc1ccc(F)c(-c2nc(N)nc(C)c2[N+](=O)[O-])c1. The molecule has 0 fully saturated rings. The first-order valence-electron chi connectivity index (χ1n) is 5.45. The number of nitrogens with zero attached hydrogens (tertiary/aromatic N) is 3. The van der Waals surface area contributed by atoms with Gasteiger partial charge in [0.05, 0.1) is 4.92 Å². The number of hydrogen-bond acceptors (Lipinski definition) is 5. The summed E-state index contributed by atoms with van der Waals surface area (Å²) in [6, 6.07) is 4.30. The van der Waals surface area contributed by atoms with Crippen LogP contribution in [0.15, 0.2) is 18.2 Å². The van der Waals surface area contributed by atoms with Crippen molar-refractivity contribution in [2.24, 2.45) is 0 Å². The van der Waals surface area contributed by atoms with Gasteiger partial charge in [-0.15, -0.1) is 0 Å². The number of rotatable bonds is 2. The zero-order valence-corrected chi connectivity index (χ0v) is 10.3. The first-order valence-corrected chi connectivity index (χ1v) is 5.45. The lowest BCUT2D eigenvalue weighted by Gasteiger charge is -2.07. The average molecular weight is 262 g/mol. The predicted octanol–water partition coefficient (Wildman–Crippen LogP) is 2.39. The molecule has 0 aliphatic heterocycles. The second kappa shape index (κ2) is 4.60. The van der Waals surface area contributed by atoms with Crippen molar-refractivity contribution in [2.45, 2.75) is 13.8 Å². The summed E-state index contributed by atoms with van der Waals surface area (Å²) in [7, 11) is 0. The van der Waals surface area contributed by atoms with Gasteiger partial charge < -0.3 is 5.73 Å². The van der Waals surface area contributed by atoms with E-state index in [1.807, 2.05) is 0 Å². The van der Waals surface area contributed by atoms with Gasteiger partial charge in [0.1, 0.15) is 11.5 Å². The lowest BCUT2D eigenvalue weighted by atomic mass is 10.1. The number of nitrogens with two attached hydrogens (primary N) is 1. The van der Waals surface area contributed by atoms with Gasteiger partial charge in [-0.1, -0.05) is 11.6 Å². The molecule has 1 aromatic heterocycles. The van der Waals surface area contributed by atoms with Crippen molar-refractivity contribution in [1.29, 1.82) is 0 Å². The van der Waals surface area contributed by atoms with Crippen molar-refractivity contribution in [1.82, 2.24) is 9.97 Å². The van der Waals surface area contributed by atoms with Gasteiger partial charge in [-0.2, -0.15) is 0 Å². The number of anilines is 1. The zero-order valence-electron chi connectivity index (χ0n) is 10.3. The summed E-state index contributed by atoms with van der Waals surface area (Å²) in [5.41, 5.74) is 5.97. The summed E-state index contributed by atoms with van der Waals surface area (Å²) in [6.07, 6.45) is 0. The normalized spacial score (nSPS) is 10.5. The molecule has 0 aliphatic rings. The van der Waals surface area contributed by atoms with Crippen LogP contribution in [0.25, 0.3) is 11.3 Å². The van der Waals surface area contributed by atoms with E-state index in [9.17, 15) is 14.5 Å². The molecule has 19 heavy (non-hydrogen) atoms. The Morgan fingerprint density at radius 3 is 2.63 bits per heavy atom. The molecule has 0 saturated heterocycles. The van der Waals surface area contributed by atoms with Crippen molar-refractivity contribution in [3.63, 3.8) is 0 Å². The molecule has 0 aliphatic carbocycles. The van der Waals surface area contributed by atoms with Gasteiger partial charge in [-0.25, -0.2) is 14.4 Å². The van der Waals surface area contributed by atoms with Crippen LogP contribution in [0, 0.1) is 29.8 Å². The van der Waals surface area contributed by atoms with Crippen LogP contribution >= 0.6 is 0 Å². The number of benzene rings is 1. The molecule has 7 heteroatoms. The van der Waals surface area contributed by atoms with Gasteiger partial charge in [0.15, 0.2) is 5.69 Å². The molecule has 2 aromatic rings. The number of aryl methyl sites for hydroxylation is 2. The Bertz CT molecular complexity index is 673. The van der Waals surface area contributed by atoms with Crippen molar-refractivity contribution >= 4 is 11.6 Å². The van der Waals surface area contributed by atoms with Crippen LogP contribution in [0.2, 0.25) is 0 Å². The highest BCUT2D eigenvalue weighted by atomic mass is 19.1. The molecule has 98 valence electrons. The maximum atomic E-state index is 13.8. The summed E-state index contributed by atoms with van der Waals surface area (Å²) in [4.78, 5) is 18.0. The molecule has 1 heterocycles. The van der Waals surface area contributed by atoms with E-state index in [0.717, 1.165) is 5.56 Å². The number of nitrogen functional groups attached to an aromatic ring is 1. The summed E-state index contributed by atoms with van der Waals surface area (Å²) >= 11 is 0. The minimum Gasteiger partial charge on any atom is -0.368 e. The third-order valence-electron chi connectivity index (χ3n) is 2.64. The number of aromatic nitrogens is 2. The van der Waals surface area contributed by atoms with E-state index in [1.54, 1.807) is 13.0 Å². The van der Waals surface area contributed by atoms with E-state index in [1.165, 1.54) is 19.1 Å². The molecule has 0 radical (unpaired) electrons. The van der Waals surface area contributed by atoms with Gasteiger partial charge in [0, 0.05) is 5.56 Å². The maximum Gasteiger partial charge on any atom is 0.316 e. The van der Waals surface area contributed by atoms with Crippen molar-refractivity contribution < 1.29 is 9.31 Å². The van der Waals surface area contributed by atoms with Crippen molar-refractivity contribution in [2.75, 3.05) is 5.73 Å². The van der Waals surface area contributed by atoms with Crippen LogP contribution in [-0.4, -0.2) is 14.9 Å². The fraction of sp³-hybridized carbons (Fsp3) is 0.167. The van der Waals surface area contributed by atoms with Gasteiger partial charge in [-0.3, -0.25) is 10.1 Å². The number of halogens is 1. The Balaban J connectivity index is 2.81. The predicted molar refractivity (Wildman–Crippen MR) is 68.0 cm³/mol. The van der Waals surface area contributed by atoms with E-state index in [2.05, 4.69) is 9.97 Å². The van der Waals surface area contributed by atoms with Crippen LogP contribution in [-0.2, 0) is 0 Å². The fourth-order valence-corrected chi connectivity index (χ4v) is 1.82. The van der Waals surface area contributed by atoms with E-state index >= 15 is 0 Å². The van der Waals surface area contributed by atoms with Crippen LogP contribution in [0.1, 0.15) is 11.3 Å². The largest absolute Gasteiger partial charge is 0.368 e. The van der Waals surface area contributed by atoms with E-state index in [0.29, 0.717) is 0 Å². The highest BCUT2D eigenvalue weighted by Gasteiger charge is 2.24.